The van der Waals surface area contributed by atoms with Crippen LogP contribution in [0.2, 0.25) is 0 Å². The van der Waals surface area contributed by atoms with Crippen molar-refractivity contribution in [2.75, 3.05) is 20.3 Å². The van der Waals surface area contributed by atoms with E-state index in [1.807, 2.05) is 32.0 Å². The van der Waals surface area contributed by atoms with Crippen LogP contribution in [0, 0.1) is 0 Å². The second kappa shape index (κ2) is 7.37. The lowest BCUT2D eigenvalue weighted by atomic mass is 10.3. The number of benzene rings is 1. The van der Waals surface area contributed by atoms with Gasteiger partial charge in [0.15, 0.2) is 0 Å². The molecule has 0 aromatic heterocycles. The van der Waals surface area contributed by atoms with Gasteiger partial charge in [0.25, 0.3) is 0 Å². The fourth-order valence-corrected chi connectivity index (χ4v) is 1.35. The van der Waals surface area contributed by atoms with E-state index in [1.165, 1.54) is 0 Å². The van der Waals surface area contributed by atoms with Crippen molar-refractivity contribution < 1.29 is 14.3 Å². The molecule has 0 saturated carbocycles. The van der Waals surface area contributed by atoms with Crippen LogP contribution in [0.4, 0.5) is 0 Å². The first kappa shape index (κ1) is 14.1. The van der Waals surface area contributed by atoms with Crippen molar-refractivity contribution in [2.24, 2.45) is 0 Å². The Labute approximate surface area is 108 Å². The van der Waals surface area contributed by atoms with Gasteiger partial charge in [0.2, 0.25) is 5.91 Å². The summed E-state index contributed by atoms with van der Waals surface area (Å²) in [4.78, 5) is 11.3. The molecule has 0 spiro atoms. The fraction of sp³-hybridized carbons (Fsp3) is 0.357. The monoisotopic (exact) mass is 249 g/mol. The molecule has 0 heterocycles. The van der Waals surface area contributed by atoms with Crippen molar-refractivity contribution in [1.82, 2.24) is 5.32 Å². The SMILES string of the molecule is COc1cccc(OCCNC(=O)C=C(C)C)c1. The molecular weight excluding hydrogens is 230 g/mol. The standard InChI is InChI=1S/C14H19NO3/c1-11(2)9-14(16)15-7-8-18-13-6-4-5-12(10-13)17-3/h4-6,9-10H,7-8H2,1-3H3,(H,15,16). The number of allylic oxidation sites excluding steroid dienone is 1. The summed E-state index contributed by atoms with van der Waals surface area (Å²) in [6.07, 6.45) is 1.56. The van der Waals surface area contributed by atoms with Crippen LogP contribution in [0.15, 0.2) is 35.9 Å². The number of carbonyl (C=O) groups is 1. The van der Waals surface area contributed by atoms with Gasteiger partial charge in [0.1, 0.15) is 18.1 Å². The number of ether oxygens (including phenoxy) is 2. The van der Waals surface area contributed by atoms with Crippen LogP contribution < -0.4 is 14.8 Å². The summed E-state index contributed by atoms with van der Waals surface area (Å²) in [5, 5.41) is 2.74. The van der Waals surface area contributed by atoms with Gasteiger partial charge in [-0.05, 0) is 26.0 Å². The van der Waals surface area contributed by atoms with Crippen LogP contribution in [0.25, 0.3) is 0 Å². The molecule has 0 bridgehead atoms. The largest absolute Gasteiger partial charge is 0.497 e. The van der Waals surface area contributed by atoms with Gasteiger partial charge in [0, 0.05) is 12.1 Å². The second-order valence-corrected chi connectivity index (χ2v) is 4.04. The molecular formula is C14H19NO3. The molecule has 1 N–H and O–H groups in total. The smallest absolute Gasteiger partial charge is 0.244 e. The van der Waals surface area contributed by atoms with Crippen LogP contribution in [0.5, 0.6) is 11.5 Å². The van der Waals surface area contributed by atoms with Crippen molar-refractivity contribution in [2.45, 2.75) is 13.8 Å². The first-order valence-electron chi connectivity index (χ1n) is 5.81. The van der Waals surface area contributed by atoms with Gasteiger partial charge < -0.3 is 14.8 Å². The van der Waals surface area contributed by atoms with Gasteiger partial charge in [-0.2, -0.15) is 0 Å². The minimum absolute atomic E-state index is 0.0933. The predicted molar refractivity (Wildman–Crippen MR) is 70.9 cm³/mol. The van der Waals surface area contributed by atoms with Crippen molar-refractivity contribution in [1.29, 1.82) is 0 Å². The molecule has 98 valence electrons. The van der Waals surface area contributed by atoms with E-state index in [0.717, 1.165) is 17.1 Å². The van der Waals surface area contributed by atoms with Gasteiger partial charge in [0.05, 0.1) is 13.7 Å². The number of hydrogen-bond donors (Lipinski definition) is 1. The molecule has 4 heteroatoms. The summed E-state index contributed by atoms with van der Waals surface area (Å²) in [5.74, 6) is 1.39. The average molecular weight is 249 g/mol. The van der Waals surface area contributed by atoms with E-state index in [2.05, 4.69) is 5.32 Å². The van der Waals surface area contributed by atoms with Gasteiger partial charge in [-0.25, -0.2) is 0 Å². The van der Waals surface area contributed by atoms with Gasteiger partial charge in [-0.3, -0.25) is 4.79 Å². The maximum atomic E-state index is 11.3. The van der Waals surface area contributed by atoms with Gasteiger partial charge in [-0.1, -0.05) is 11.6 Å². The van der Waals surface area contributed by atoms with Crippen LogP contribution in [0.1, 0.15) is 13.8 Å². The zero-order chi connectivity index (χ0) is 13.4. The number of nitrogens with one attached hydrogen (secondary N) is 1. The topological polar surface area (TPSA) is 47.6 Å². The summed E-state index contributed by atoms with van der Waals surface area (Å²) in [7, 11) is 1.61. The van der Waals surface area contributed by atoms with Crippen LogP contribution in [0.3, 0.4) is 0 Å². The lowest BCUT2D eigenvalue weighted by molar-refractivity contribution is -0.116. The molecule has 4 nitrogen and oxygen atoms in total. The number of rotatable bonds is 6. The first-order valence-corrected chi connectivity index (χ1v) is 5.81. The van der Waals surface area contributed by atoms with E-state index in [1.54, 1.807) is 19.3 Å². The van der Waals surface area contributed by atoms with E-state index in [9.17, 15) is 4.79 Å². The molecule has 18 heavy (non-hydrogen) atoms. The molecule has 1 rings (SSSR count). The first-order chi connectivity index (χ1) is 8.61. The maximum absolute atomic E-state index is 11.3. The van der Waals surface area contributed by atoms with E-state index < -0.39 is 0 Å². The molecule has 0 unspecified atom stereocenters. The molecule has 1 aromatic rings. The highest BCUT2D eigenvalue weighted by Gasteiger charge is 1.98. The molecule has 0 radical (unpaired) electrons. The highest BCUT2D eigenvalue weighted by molar-refractivity contribution is 5.87. The van der Waals surface area contributed by atoms with Crippen LogP contribution >= 0.6 is 0 Å². The third-order valence-electron chi connectivity index (χ3n) is 2.13. The van der Waals surface area contributed by atoms with E-state index in [4.69, 9.17) is 9.47 Å². The highest BCUT2D eigenvalue weighted by Crippen LogP contribution is 2.18. The molecule has 0 saturated heterocycles. The fourth-order valence-electron chi connectivity index (χ4n) is 1.35. The van der Waals surface area contributed by atoms with E-state index in [-0.39, 0.29) is 5.91 Å². The van der Waals surface area contributed by atoms with E-state index >= 15 is 0 Å². The molecule has 0 fully saturated rings. The Bertz CT molecular complexity index is 423. The second-order valence-electron chi connectivity index (χ2n) is 4.04. The Morgan fingerprint density at radius 1 is 1.33 bits per heavy atom. The molecule has 0 atom stereocenters. The minimum Gasteiger partial charge on any atom is -0.497 e. The summed E-state index contributed by atoms with van der Waals surface area (Å²) < 4.78 is 10.6. The minimum atomic E-state index is -0.0933. The Morgan fingerprint density at radius 2 is 2.06 bits per heavy atom. The number of hydrogen-bond acceptors (Lipinski definition) is 3. The van der Waals surface area contributed by atoms with Crippen molar-refractivity contribution in [3.05, 3.63) is 35.9 Å². The van der Waals surface area contributed by atoms with Crippen LogP contribution in [-0.2, 0) is 4.79 Å². The number of amides is 1. The molecule has 1 aromatic carbocycles. The predicted octanol–water partition coefficient (Wildman–Crippen LogP) is 2.16. The highest BCUT2D eigenvalue weighted by atomic mass is 16.5. The molecule has 1 amide bonds. The zero-order valence-electron chi connectivity index (χ0n) is 11.0. The third kappa shape index (κ3) is 5.39. The maximum Gasteiger partial charge on any atom is 0.244 e. The summed E-state index contributed by atoms with van der Waals surface area (Å²) >= 11 is 0. The lowest BCUT2D eigenvalue weighted by Gasteiger charge is -2.08. The Morgan fingerprint density at radius 3 is 2.72 bits per heavy atom. The summed E-state index contributed by atoms with van der Waals surface area (Å²) in [6, 6.07) is 7.36. The van der Waals surface area contributed by atoms with Crippen molar-refractivity contribution >= 4 is 5.91 Å². The molecule has 0 aliphatic carbocycles. The van der Waals surface area contributed by atoms with Crippen molar-refractivity contribution in [3.63, 3.8) is 0 Å². The Hall–Kier alpha value is -1.97. The zero-order valence-corrected chi connectivity index (χ0v) is 11.0. The number of carbonyl (C=O) groups excluding carboxylic acids is 1. The summed E-state index contributed by atoms with van der Waals surface area (Å²) in [6.45, 7) is 4.66. The molecule has 0 aliphatic heterocycles. The van der Waals surface area contributed by atoms with Gasteiger partial charge >= 0.3 is 0 Å². The third-order valence-corrected chi connectivity index (χ3v) is 2.13. The Balaban J connectivity index is 2.29. The number of methoxy groups -OCH3 is 1. The quantitative estimate of drug-likeness (QED) is 0.621. The van der Waals surface area contributed by atoms with Crippen LogP contribution in [-0.4, -0.2) is 26.2 Å². The normalized spacial score (nSPS) is 9.50. The van der Waals surface area contributed by atoms with Crippen molar-refractivity contribution in [3.8, 4) is 11.5 Å². The summed E-state index contributed by atoms with van der Waals surface area (Å²) in [5.41, 5.74) is 0.973. The molecule has 0 aliphatic rings. The average Bonchev–Trinajstić information content (AvgIpc) is 2.34. The van der Waals surface area contributed by atoms with Gasteiger partial charge in [-0.15, -0.1) is 0 Å². The lowest BCUT2D eigenvalue weighted by Crippen LogP contribution is -2.26. The van der Waals surface area contributed by atoms with E-state index in [0.29, 0.717) is 13.2 Å². The Kier molecular flexibility index (Phi) is 5.77.